The van der Waals surface area contributed by atoms with Crippen molar-refractivity contribution < 1.29 is 4.39 Å². The molecule has 1 N–H and O–H groups in total. The van der Waals surface area contributed by atoms with Crippen molar-refractivity contribution in [2.45, 2.75) is 6.04 Å². The highest BCUT2D eigenvalue weighted by molar-refractivity contribution is 9.10. The Morgan fingerprint density at radius 2 is 2.12 bits per heavy atom. The monoisotopic (exact) mass is 298 g/mol. The zero-order chi connectivity index (χ0) is 12.3. The molecule has 2 nitrogen and oxygen atoms in total. The van der Waals surface area contributed by atoms with E-state index in [-0.39, 0.29) is 11.9 Å². The lowest BCUT2D eigenvalue weighted by molar-refractivity contribution is 0.203. The summed E-state index contributed by atoms with van der Waals surface area (Å²) in [6, 6.07) is 4.87. The quantitative estimate of drug-likeness (QED) is 0.863. The Labute approximate surface area is 110 Å². The van der Waals surface area contributed by atoms with Gasteiger partial charge in [0.1, 0.15) is 5.82 Å². The van der Waals surface area contributed by atoms with Crippen molar-refractivity contribution >= 4 is 15.9 Å². The molecule has 1 atom stereocenters. The van der Waals surface area contributed by atoms with E-state index < -0.39 is 0 Å². The SMILES string of the molecule is C=C[C@H](c1cc(F)ccc1Br)N1CCNCC1. The number of rotatable bonds is 3. The second-order valence-corrected chi connectivity index (χ2v) is 4.99. The van der Waals surface area contributed by atoms with E-state index in [4.69, 9.17) is 0 Å². The van der Waals surface area contributed by atoms with Gasteiger partial charge in [0.15, 0.2) is 0 Å². The second kappa shape index (κ2) is 5.76. The van der Waals surface area contributed by atoms with Crippen LogP contribution in [0.4, 0.5) is 4.39 Å². The molecule has 1 heterocycles. The lowest BCUT2D eigenvalue weighted by atomic mass is 10.0. The normalized spacial score (nSPS) is 18.9. The Bertz CT molecular complexity index is 402. The van der Waals surface area contributed by atoms with Crippen LogP contribution in [0.5, 0.6) is 0 Å². The Morgan fingerprint density at radius 1 is 1.41 bits per heavy atom. The van der Waals surface area contributed by atoms with Gasteiger partial charge in [-0.2, -0.15) is 0 Å². The lowest BCUT2D eigenvalue weighted by Crippen LogP contribution is -2.44. The largest absolute Gasteiger partial charge is 0.314 e. The first kappa shape index (κ1) is 12.7. The summed E-state index contributed by atoms with van der Waals surface area (Å²) in [5.41, 5.74) is 0.946. The van der Waals surface area contributed by atoms with Gasteiger partial charge < -0.3 is 5.32 Å². The molecule has 0 unspecified atom stereocenters. The highest BCUT2D eigenvalue weighted by Gasteiger charge is 2.21. The molecule has 0 aliphatic carbocycles. The van der Waals surface area contributed by atoms with E-state index in [2.05, 4.69) is 32.7 Å². The molecule has 1 aliphatic rings. The number of benzene rings is 1. The van der Waals surface area contributed by atoms with E-state index in [0.29, 0.717) is 0 Å². The van der Waals surface area contributed by atoms with Crippen molar-refractivity contribution in [2.24, 2.45) is 0 Å². The summed E-state index contributed by atoms with van der Waals surface area (Å²) in [4.78, 5) is 2.31. The van der Waals surface area contributed by atoms with Gasteiger partial charge >= 0.3 is 0 Å². The van der Waals surface area contributed by atoms with Gasteiger partial charge in [-0.1, -0.05) is 22.0 Å². The third-order valence-electron chi connectivity index (χ3n) is 3.04. The summed E-state index contributed by atoms with van der Waals surface area (Å²) >= 11 is 3.48. The highest BCUT2D eigenvalue weighted by Crippen LogP contribution is 2.29. The van der Waals surface area contributed by atoms with Crippen LogP contribution in [0.1, 0.15) is 11.6 Å². The Balaban J connectivity index is 2.27. The summed E-state index contributed by atoms with van der Waals surface area (Å²) in [6.45, 7) is 7.73. The third-order valence-corrected chi connectivity index (χ3v) is 3.77. The van der Waals surface area contributed by atoms with Crippen molar-refractivity contribution in [1.29, 1.82) is 0 Å². The number of hydrogen-bond acceptors (Lipinski definition) is 2. The molecule has 1 fully saturated rings. The molecule has 2 rings (SSSR count). The first-order valence-electron chi connectivity index (χ1n) is 5.74. The third kappa shape index (κ3) is 2.94. The first-order chi connectivity index (χ1) is 8.22. The van der Waals surface area contributed by atoms with E-state index in [9.17, 15) is 4.39 Å². The van der Waals surface area contributed by atoms with Gasteiger partial charge in [0.25, 0.3) is 0 Å². The Hall–Kier alpha value is -0.710. The van der Waals surface area contributed by atoms with Gasteiger partial charge in [-0.05, 0) is 23.8 Å². The van der Waals surface area contributed by atoms with E-state index in [1.54, 1.807) is 12.1 Å². The van der Waals surface area contributed by atoms with Crippen LogP contribution < -0.4 is 5.32 Å². The Morgan fingerprint density at radius 3 is 2.76 bits per heavy atom. The van der Waals surface area contributed by atoms with Crippen LogP contribution in [0, 0.1) is 5.82 Å². The summed E-state index contributed by atoms with van der Waals surface area (Å²) in [7, 11) is 0. The molecule has 0 amide bonds. The van der Waals surface area contributed by atoms with Crippen LogP contribution in [-0.4, -0.2) is 31.1 Å². The van der Waals surface area contributed by atoms with Crippen LogP contribution in [-0.2, 0) is 0 Å². The second-order valence-electron chi connectivity index (χ2n) is 4.13. The fourth-order valence-corrected chi connectivity index (χ4v) is 2.66. The van der Waals surface area contributed by atoms with E-state index in [1.807, 2.05) is 6.08 Å². The summed E-state index contributed by atoms with van der Waals surface area (Å²) in [5, 5.41) is 3.31. The maximum atomic E-state index is 13.3. The van der Waals surface area contributed by atoms with Gasteiger partial charge in [-0.25, -0.2) is 4.39 Å². The van der Waals surface area contributed by atoms with Gasteiger partial charge in [-0.15, -0.1) is 6.58 Å². The van der Waals surface area contributed by atoms with Crippen LogP contribution in [0.3, 0.4) is 0 Å². The zero-order valence-electron chi connectivity index (χ0n) is 9.63. The first-order valence-corrected chi connectivity index (χ1v) is 6.54. The molecule has 0 bridgehead atoms. The molecule has 1 saturated heterocycles. The molecule has 0 radical (unpaired) electrons. The van der Waals surface area contributed by atoms with Crippen molar-refractivity contribution in [2.75, 3.05) is 26.2 Å². The van der Waals surface area contributed by atoms with Gasteiger partial charge in [0.05, 0.1) is 6.04 Å². The average molecular weight is 299 g/mol. The minimum absolute atomic E-state index is 0.0715. The Kier molecular flexibility index (Phi) is 4.31. The van der Waals surface area contributed by atoms with Gasteiger partial charge in [-0.3, -0.25) is 4.90 Å². The zero-order valence-corrected chi connectivity index (χ0v) is 11.2. The average Bonchev–Trinajstić information content (AvgIpc) is 2.36. The fraction of sp³-hybridized carbons (Fsp3) is 0.385. The number of nitrogens with zero attached hydrogens (tertiary/aromatic N) is 1. The number of nitrogens with one attached hydrogen (secondary N) is 1. The van der Waals surface area contributed by atoms with Crippen molar-refractivity contribution in [1.82, 2.24) is 10.2 Å². The number of piperazine rings is 1. The van der Waals surface area contributed by atoms with Gasteiger partial charge in [0.2, 0.25) is 0 Å². The van der Waals surface area contributed by atoms with E-state index in [0.717, 1.165) is 36.2 Å². The maximum absolute atomic E-state index is 13.3. The maximum Gasteiger partial charge on any atom is 0.123 e. The molecule has 0 saturated carbocycles. The summed E-state index contributed by atoms with van der Waals surface area (Å²) in [6.07, 6.45) is 1.88. The predicted molar refractivity (Wildman–Crippen MR) is 71.5 cm³/mol. The topological polar surface area (TPSA) is 15.3 Å². The van der Waals surface area contributed by atoms with Gasteiger partial charge in [0, 0.05) is 30.7 Å². The molecular formula is C13H16BrFN2. The minimum Gasteiger partial charge on any atom is -0.314 e. The van der Waals surface area contributed by atoms with E-state index >= 15 is 0 Å². The molecule has 4 heteroatoms. The van der Waals surface area contributed by atoms with Crippen molar-refractivity contribution in [3.05, 3.63) is 46.7 Å². The summed E-state index contributed by atoms with van der Waals surface area (Å²) in [5.74, 6) is -0.204. The molecule has 17 heavy (non-hydrogen) atoms. The highest BCUT2D eigenvalue weighted by atomic mass is 79.9. The summed E-state index contributed by atoms with van der Waals surface area (Å²) < 4.78 is 14.3. The van der Waals surface area contributed by atoms with Crippen LogP contribution in [0.15, 0.2) is 35.3 Å². The molecule has 0 spiro atoms. The molecular weight excluding hydrogens is 283 g/mol. The van der Waals surface area contributed by atoms with Crippen LogP contribution in [0.2, 0.25) is 0 Å². The number of hydrogen-bond donors (Lipinski definition) is 1. The minimum atomic E-state index is -0.204. The number of halogens is 2. The fourth-order valence-electron chi connectivity index (χ4n) is 2.17. The van der Waals surface area contributed by atoms with Crippen molar-refractivity contribution in [3.8, 4) is 0 Å². The molecule has 92 valence electrons. The molecule has 0 aromatic heterocycles. The standard InChI is InChI=1S/C13H16BrFN2/c1-2-13(17-7-5-16-6-8-17)11-9-10(15)3-4-12(11)14/h2-4,9,13,16H,1,5-8H2/t13-/m1/s1. The smallest absolute Gasteiger partial charge is 0.123 e. The molecule has 1 aromatic carbocycles. The predicted octanol–water partition coefficient (Wildman–Crippen LogP) is 2.72. The van der Waals surface area contributed by atoms with Crippen molar-refractivity contribution in [3.63, 3.8) is 0 Å². The molecule has 1 aromatic rings. The van der Waals surface area contributed by atoms with Crippen LogP contribution >= 0.6 is 15.9 Å². The van der Waals surface area contributed by atoms with E-state index in [1.165, 1.54) is 6.07 Å². The molecule has 1 aliphatic heterocycles. The lowest BCUT2D eigenvalue weighted by Gasteiger charge is -2.33. The van der Waals surface area contributed by atoms with Crippen LogP contribution in [0.25, 0.3) is 0 Å².